The molecule has 1 N–H and O–H groups in total. The van der Waals surface area contributed by atoms with Crippen molar-refractivity contribution >= 4 is 41.4 Å². The molecule has 152 valence electrons. The molecule has 7 heteroatoms. The smallest absolute Gasteiger partial charge is 0.335 e. The second-order valence-electron chi connectivity index (χ2n) is 6.77. The molecule has 6 nitrogen and oxygen atoms in total. The number of hydrogen-bond donors (Lipinski definition) is 1. The highest BCUT2D eigenvalue weighted by Gasteiger charge is 2.25. The number of carboxylic acids is 1. The number of rotatable bonds is 6. The highest BCUT2D eigenvalue weighted by Crippen LogP contribution is 2.46. The number of anilines is 2. The van der Waals surface area contributed by atoms with Crippen LogP contribution in [0.15, 0.2) is 58.7 Å². The normalized spacial score (nSPS) is 12.7. The molecule has 0 radical (unpaired) electrons. The Morgan fingerprint density at radius 3 is 2.60 bits per heavy atom. The first kappa shape index (κ1) is 20.1. The van der Waals surface area contributed by atoms with E-state index in [4.69, 9.17) is 4.74 Å². The third-order valence-electron chi connectivity index (χ3n) is 4.85. The molecule has 0 saturated carbocycles. The summed E-state index contributed by atoms with van der Waals surface area (Å²) >= 11 is 1.59. The lowest BCUT2D eigenvalue weighted by Crippen LogP contribution is -2.24. The fourth-order valence-electron chi connectivity index (χ4n) is 3.40. The molecular formula is C23H21N3O3S. The summed E-state index contributed by atoms with van der Waals surface area (Å²) in [6.45, 7) is 2.34. The summed E-state index contributed by atoms with van der Waals surface area (Å²) in [6, 6.07) is 11.7. The summed E-state index contributed by atoms with van der Waals surface area (Å²) in [4.78, 5) is 23.4. The van der Waals surface area contributed by atoms with E-state index in [-0.39, 0.29) is 0 Å². The Kier molecular flexibility index (Phi) is 5.83. The molecule has 0 amide bonds. The van der Waals surface area contributed by atoms with E-state index in [1.807, 2.05) is 36.1 Å². The molecule has 1 aromatic heterocycles. The van der Waals surface area contributed by atoms with Gasteiger partial charge in [0.2, 0.25) is 0 Å². The zero-order chi connectivity index (χ0) is 21.1. The maximum absolute atomic E-state index is 11.3. The Hall–Kier alpha value is -3.16. The molecule has 30 heavy (non-hydrogen) atoms. The van der Waals surface area contributed by atoms with Gasteiger partial charge in [0.25, 0.3) is 0 Å². The van der Waals surface area contributed by atoms with Gasteiger partial charge in [-0.05, 0) is 41.3 Å². The zero-order valence-corrected chi connectivity index (χ0v) is 17.5. The van der Waals surface area contributed by atoms with E-state index in [2.05, 4.69) is 28.2 Å². The number of aromatic nitrogens is 2. The minimum Gasteiger partial charge on any atom is -0.478 e. The van der Waals surface area contributed by atoms with Crippen molar-refractivity contribution in [1.29, 1.82) is 0 Å². The van der Waals surface area contributed by atoms with Crippen LogP contribution in [-0.4, -0.2) is 34.9 Å². The molecule has 1 aliphatic heterocycles. The van der Waals surface area contributed by atoms with Crippen LogP contribution in [0.25, 0.3) is 12.2 Å². The van der Waals surface area contributed by atoms with E-state index >= 15 is 0 Å². The van der Waals surface area contributed by atoms with Crippen molar-refractivity contribution in [2.45, 2.75) is 23.3 Å². The first-order chi connectivity index (χ1) is 14.6. The van der Waals surface area contributed by atoms with Crippen LogP contribution in [0.4, 0.5) is 11.5 Å². The van der Waals surface area contributed by atoms with Gasteiger partial charge < -0.3 is 9.84 Å². The molecule has 0 unspecified atom stereocenters. The quantitative estimate of drug-likeness (QED) is 0.556. The third-order valence-corrected chi connectivity index (χ3v) is 5.90. The van der Waals surface area contributed by atoms with Crippen molar-refractivity contribution in [2.24, 2.45) is 0 Å². The number of carbonyl (C=O) groups is 1. The number of hydrogen-bond acceptors (Lipinski definition) is 6. The maximum Gasteiger partial charge on any atom is 0.335 e. The summed E-state index contributed by atoms with van der Waals surface area (Å²) in [6.07, 6.45) is 8.07. The average Bonchev–Trinajstić information content (AvgIpc) is 2.77. The lowest BCUT2D eigenvalue weighted by atomic mass is 10.0. The Balaban J connectivity index is 1.65. The van der Waals surface area contributed by atoms with Crippen LogP contribution in [0.5, 0.6) is 0 Å². The predicted octanol–water partition coefficient (Wildman–Crippen LogP) is 5.11. The van der Waals surface area contributed by atoms with Crippen LogP contribution >= 0.6 is 11.8 Å². The maximum atomic E-state index is 11.3. The monoisotopic (exact) mass is 419 g/mol. The molecule has 2 aromatic carbocycles. The Bertz CT molecular complexity index is 1130. The fraction of sp³-hybridized carbons (Fsp3) is 0.174. The summed E-state index contributed by atoms with van der Waals surface area (Å²) < 4.78 is 5.40. The molecular weight excluding hydrogens is 398 g/mol. The molecule has 0 aliphatic carbocycles. The average molecular weight is 420 g/mol. The van der Waals surface area contributed by atoms with Crippen LogP contribution < -0.4 is 4.90 Å². The molecule has 0 spiro atoms. The van der Waals surface area contributed by atoms with E-state index in [0.717, 1.165) is 38.1 Å². The van der Waals surface area contributed by atoms with Crippen molar-refractivity contribution in [2.75, 3.05) is 18.7 Å². The molecule has 3 aromatic rings. The van der Waals surface area contributed by atoms with Gasteiger partial charge in [-0.2, -0.15) is 0 Å². The van der Waals surface area contributed by atoms with Crippen molar-refractivity contribution < 1.29 is 14.6 Å². The standard InChI is InChI=1S/C23H21N3O3S/c1-3-17-12-15(6-8-18(17)23(27)28)4-5-16-7-9-20-19(13-16)26(14-29-2)21-22(30-20)25-11-10-24-21/h4-13H,3,14H2,1-2H3,(H,27,28). The van der Waals surface area contributed by atoms with Gasteiger partial charge in [0.05, 0.1) is 11.3 Å². The van der Waals surface area contributed by atoms with Gasteiger partial charge in [-0.15, -0.1) is 0 Å². The number of nitrogens with zero attached hydrogens (tertiary/aromatic N) is 3. The van der Waals surface area contributed by atoms with E-state index in [0.29, 0.717) is 18.7 Å². The minimum atomic E-state index is -0.892. The van der Waals surface area contributed by atoms with Gasteiger partial charge in [0.1, 0.15) is 11.8 Å². The summed E-state index contributed by atoms with van der Waals surface area (Å²) in [5, 5.41) is 10.2. The number of ether oxygens (including phenoxy) is 1. The van der Waals surface area contributed by atoms with Gasteiger partial charge in [0.15, 0.2) is 5.82 Å². The van der Waals surface area contributed by atoms with Gasteiger partial charge in [-0.1, -0.05) is 49.0 Å². The van der Waals surface area contributed by atoms with Crippen molar-refractivity contribution in [3.63, 3.8) is 0 Å². The number of aromatic carboxylic acids is 1. The van der Waals surface area contributed by atoms with Gasteiger partial charge in [-0.3, -0.25) is 4.90 Å². The second-order valence-corrected chi connectivity index (χ2v) is 7.80. The summed E-state index contributed by atoms with van der Waals surface area (Å²) in [5.74, 6) is -0.106. The SMILES string of the molecule is CCc1cc(C=Cc2ccc3c(c2)N(COC)c2nccnc2S3)ccc1C(=O)O. The molecule has 0 atom stereocenters. The number of aryl methyl sites for hydroxylation is 1. The number of benzene rings is 2. The van der Waals surface area contributed by atoms with Crippen LogP contribution in [0.3, 0.4) is 0 Å². The lowest BCUT2D eigenvalue weighted by molar-refractivity contribution is 0.0695. The van der Waals surface area contributed by atoms with Gasteiger partial charge >= 0.3 is 5.97 Å². The van der Waals surface area contributed by atoms with Gasteiger partial charge in [-0.25, -0.2) is 14.8 Å². The van der Waals surface area contributed by atoms with E-state index in [1.165, 1.54) is 0 Å². The van der Waals surface area contributed by atoms with E-state index < -0.39 is 5.97 Å². The molecule has 0 bridgehead atoms. The van der Waals surface area contributed by atoms with Crippen molar-refractivity contribution in [1.82, 2.24) is 9.97 Å². The van der Waals surface area contributed by atoms with E-state index in [9.17, 15) is 9.90 Å². The molecule has 0 fully saturated rings. The number of methoxy groups -OCH3 is 1. The van der Waals surface area contributed by atoms with Gasteiger partial charge in [0, 0.05) is 24.4 Å². The Morgan fingerprint density at radius 2 is 1.87 bits per heavy atom. The van der Waals surface area contributed by atoms with Crippen LogP contribution in [0.2, 0.25) is 0 Å². The number of fused-ring (bicyclic) bond motifs is 2. The molecule has 4 rings (SSSR count). The first-order valence-corrected chi connectivity index (χ1v) is 10.4. The first-order valence-electron chi connectivity index (χ1n) is 9.54. The Labute approximate surface area is 179 Å². The van der Waals surface area contributed by atoms with Crippen molar-refractivity contribution in [3.05, 3.63) is 71.0 Å². The number of carboxylic acid groups (broad SMARTS) is 1. The predicted molar refractivity (Wildman–Crippen MR) is 118 cm³/mol. The molecule has 2 heterocycles. The van der Waals surface area contributed by atoms with Crippen LogP contribution in [-0.2, 0) is 11.2 Å². The fourth-order valence-corrected chi connectivity index (χ4v) is 4.39. The molecule has 1 aliphatic rings. The zero-order valence-electron chi connectivity index (χ0n) is 16.7. The van der Waals surface area contributed by atoms with Crippen LogP contribution in [0, 0.1) is 0 Å². The molecule has 0 saturated heterocycles. The summed E-state index contributed by atoms with van der Waals surface area (Å²) in [7, 11) is 1.66. The largest absolute Gasteiger partial charge is 0.478 e. The van der Waals surface area contributed by atoms with E-state index in [1.54, 1.807) is 37.3 Å². The summed E-state index contributed by atoms with van der Waals surface area (Å²) in [5.41, 5.74) is 4.20. The second kappa shape index (κ2) is 8.69. The minimum absolute atomic E-state index is 0.357. The van der Waals surface area contributed by atoms with Crippen LogP contribution in [0.1, 0.15) is 34.0 Å². The van der Waals surface area contributed by atoms with Crippen molar-refractivity contribution in [3.8, 4) is 0 Å². The highest BCUT2D eigenvalue weighted by atomic mass is 32.2. The highest BCUT2D eigenvalue weighted by molar-refractivity contribution is 7.99. The Morgan fingerprint density at radius 1 is 1.13 bits per heavy atom. The third kappa shape index (κ3) is 3.94. The lowest BCUT2D eigenvalue weighted by Gasteiger charge is -2.30. The topological polar surface area (TPSA) is 75.5 Å².